The monoisotopic (exact) mass is 307 g/mol. The summed E-state index contributed by atoms with van der Waals surface area (Å²) in [5, 5.41) is 12.7. The van der Waals surface area contributed by atoms with Crippen LogP contribution in [0.15, 0.2) is 11.2 Å². The molecule has 1 aromatic rings. The number of nitrogens with zero attached hydrogens (tertiary/aromatic N) is 3. The lowest BCUT2D eigenvalue weighted by Gasteiger charge is -2.29. The molecule has 1 aromatic heterocycles. The summed E-state index contributed by atoms with van der Waals surface area (Å²) in [4.78, 5) is 11.0. The first-order valence-electron chi connectivity index (χ1n) is 5.74. The highest BCUT2D eigenvalue weighted by molar-refractivity contribution is 7.89. The predicted octanol–water partition coefficient (Wildman–Crippen LogP) is 0.559. The van der Waals surface area contributed by atoms with E-state index in [1.165, 1.54) is 17.9 Å². The second kappa shape index (κ2) is 5.10. The number of carbonyl (C=O) groups is 1. The fourth-order valence-corrected chi connectivity index (χ4v) is 4.30. The molecule has 1 aliphatic heterocycles. The van der Waals surface area contributed by atoms with Gasteiger partial charge in [-0.3, -0.25) is 9.48 Å². The summed E-state index contributed by atoms with van der Waals surface area (Å²) in [7, 11) is -2.32. The first-order valence-corrected chi connectivity index (χ1v) is 7.56. The first kappa shape index (κ1) is 14.3. The van der Waals surface area contributed by atoms with Crippen molar-refractivity contribution in [2.75, 3.05) is 13.1 Å². The minimum Gasteiger partial charge on any atom is -0.481 e. The van der Waals surface area contributed by atoms with Crippen LogP contribution in [-0.2, 0) is 21.9 Å². The molecule has 2 heterocycles. The van der Waals surface area contributed by atoms with Gasteiger partial charge < -0.3 is 5.11 Å². The van der Waals surface area contributed by atoms with Crippen molar-refractivity contribution in [1.82, 2.24) is 14.1 Å². The molecule has 0 spiro atoms. The van der Waals surface area contributed by atoms with Crippen molar-refractivity contribution in [3.05, 3.63) is 11.2 Å². The SMILES string of the molecule is Cn1ncc(Cl)c1S(=O)(=O)N1CCCC(C(=O)O)C1. The number of aryl methyl sites for hydroxylation is 1. The topological polar surface area (TPSA) is 92.5 Å². The van der Waals surface area contributed by atoms with Gasteiger partial charge in [-0.05, 0) is 12.8 Å². The summed E-state index contributed by atoms with van der Waals surface area (Å²) in [6, 6.07) is 0. The summed E-state index contributed by atoms with van der Waals surface area (Å²) in [6.45, 7) is 0.271. The van der Waals surface area contributed by atoms with Gasteiger partial charge in [-0.15, -0.1) is 0 Å². The third kappa shape index (κ3) is 2.60. The molecule has 106 valence electrons. The quantitative estimate of drug-likeness (QED) is 0.880. The van der Waals surface area contributed by atoms with Crippen molar-refractivity contribution in [3.63, 3.8) is 0 Å². The van der Waals surface area contributed by atoms with E-state index in [0.29, 0.717) is 19.4 Å². The van der Waals surface area contributed by atoms with Crippen LogP contribution in [0.1, 0.15) is 12.8 Å². The van der Waals surface area contributed by atoms with Gasteiger partial charge >= 0.3 is 5.97 Å². The van der Waals surface area contributed by atoms with Crippen LogP contribution in [-0.4, -0.2) is 46.7 Å². The van der Waals surface area contributed by atoms with Crippen molar-refractivity contribution in [2.24, 2.45) is 13.0 Å². The minimum absolute atomic E-state index is 0.0286. The lowest BCUT2D eigenvalue weighted by molar-refractivity contribution is -0.142. The number of halogens is 1. The molecule has 0 aromatic carbocycles. The lowest BCUT2D eigenvalue weighted by Crippen LogP contribution is -2.42. The maximum Gasteiger partial charge on any atom is 0.307 e. The number of carboxylic acids is 1. The zero-order chi connectivity index (χ0) is 14.2. The molecule has 0 saturated carbocycles. The smallest absolute Gasteiger partial charge is 0.307 e. The Labute approximate surface area is 115 Å². The average molecular weight is 308 g/mol. The summed E-state index contributed by atoms with van der Waals surface area (Å²) in [5.41, 5.74) is 0. The highest BCUT2D eigenvalue weighted by Gasteiger charge is 2.35. The van der Waals surface area contributed by atoms with Gasteiger partial charge in [-0.2, -0.15) is 9.40 Å². The number of rotatable bonds is 3. The summed E-state index contributed by atoms with van der Waals surface area (Å²) in [6.07, 6.45) is 2.26. The number of aromatic nitrogens is 2. The zero-order valence-corrected chi connectivity index (χ0v) is 11.9. The lowest BCUT2D eigenvalue weighted by atomic mass is 10.0. The normalized spacial score (nSPS) is 21.5. The minimum atomic E-state index is -3.81. The molecule has 0 aliphatic carbocycles. The van der Waals surface area contributed by atoms with Gasteiger partial charge in [0, 0.05) is 20.1 Å². The Hall–Kier alpha value is -1.12. The number of piperidine rings is 1. The van der Waals surface area contributed by atoms with Gasteiger partial charge in [0.1, 0.15) is 0 Å². The molecule has 9 heteroatoms. The molecule has 0 bridgehead atoms. The van der Waals surface area contributed by atoms with E-state index < -0.39 is 21.9 Å². The maximum atomic E-state index is 12.4. The van der Waals surface area contributed by atoms with Gasteiger partial charge in [0.2, 0.25) is 0 Å². The molecule has 19 heavy (non-hydrogen) atoms. The van der Waals surface area contributed by atoms with Crippen molar-refractivity contribution < 1.29 is 18.3 Å². The second-order valence-corrected chi connectivity index (χ2v) is 6.72. The standard InChI is InChI=1S/C10H14ClN3O4S/c1-13-9(8(11)5-12-13)19(17,18)14-4-2-3-7(6-14)10(15)16/h5,7H,2-4,6H2,1H3,(H,15,16). The van der Waals surface area contributed by atoms with E-state index in [0.717, 1.165) is 4.31 Å². The molecular weight excluding hydrogens is 294 g/mol. The highest BCUT2D eigenvalue weighted by atomic mass is 35.5. The molecule has 1 aliphatic rings. The Morgan fingerprint density at radius 1 is 1.58 bits per heavy atom. The van der Waals surface area contributed by atoms with Crippen molar-refractivity contribution >= 4 is 27.6 Å². The van der Waals surface area contributed by atoms with Gasteiger partial charge in [0.05, 0.1) is 17.1 Å². The summed E-state index contributed by atoms with van der Waals surface area (Å²) in [5.74, 6) is -1.65. The Balaban J connectivity index is 2.32. The van der Waals surface area contributed by atoms with Crippen LogP contribution >= 0.6 is 11.6 Å². The van der Waals surface area contributed by atoms with Crippen molar-refractivity contribution in [2.45, 2.75) is 17.9 Å². The van der Waals surface area contributed by atoms with Crippen LogP contribution in [0.5, 0.6) is 0 Å². The number of aliphatic carboxylic acids is 1. The number of hydrogen-bond donors (Lipinski definition) is 1. The molecule has 0 radical (unpaired) electrons. The molecule has 2 rings (SSSR count). The Morgan fingerprint density at radius 3 is 2.79 bits per heavy atom. The molecule has 1 N–H and O–H groups in total. The van der Waals surface area contributed by atoms with Crippen LogP contribution < -0.4 is 0 Å². The van der Waals surface area contributed by atoms with Gasteiger partial charge in [0.25, 0.3) is 10.0 Å². The van der Waals surface area contributed by atoms with Crippen LogP contribution in [0.25, 0.3) is 0 Å². The van der Waals surface area contributed by atoms with Gasteiger partial charge in [-0.25, -0.2) is 8.42 Å². The summed E-state index contributed by atoms with van der Waals surface area (Å²) < 4.78 is 27.2. The Bertz CT molecular complexity index is 578. The third-order valence-corrected chi connectivity index (χ3v) is 5.53. The second-order valence-electron chi connectivity index (χ2n) is 4.46. The highest BCUT2D eigenvalue weighted by Crippen LogP contribution is 2.27. The van der Waals surface area contributed by atoms with Crippen LogP contribution in [0.4, 0.5) is 0 Å². The molecule has 7 nitrogen and oxygen atoms in total. The van der Waals surface area contributed by atoms with E-state index in [1.807, 2.05) is 0 Å². The van der Waals surface area contributed by atoms with E-state index in [-0.39, 0.29) is 16.6 Å². The fourth-order valence-electron chi connectivity index (χ4n) is 2.17. The van der Waals surface area contributed by atoms with Crippen LogP contribution in [0.2, 0.25) is 5.02 Å². The Kier molecular flexibility index (Phi) is 3.84. The number of sulfonamides is 1. The molecular formula is C10H14ClN3O4S. The van der Waals surface area contributed by atoms with E-state index in [9.17, 15) is 13.2 Å². The van der Waals surface area contributed by atoms with E-state index in [2.05, 4.69) is 5.10 Å². The molecule has 1 atom stereocenters. The molecule has 0 amide bonds. The predicted molar refractivity (Wildman–Crippen MR) is 67.3 cm³/mol. The van der Waals surface area contributed by atoms with Crippen LogP contribution in [0, 0.1) is 5.92 Å². The Morgan fingerprint density at radius 2 is 2.26 bits per heavy atom. The number of carboxylic acid groups (broad SMARTS) is 1. The fraction of sp³-hybridized carbons (Fsp3) is 0.600. The molecule has 1 unspecified atom stereocenters. The van der Waals surface area contributed by atoms with Gasteiger partial charge in [-0.1, -0.05) is 11.6 Å². The van der Waals surface area contributed by atoms with E-state index in [4.69, 9.17) is 16.7 Å². The first-order chi connectivity index (χ1) is 8.84. The molecule has 1 saturated heterocycles. The van der Waals surface area contributed by atoms with E-state index in [1.54, 1.807) is 0 Å². The van der Waals surface area contributed by atoms with E-state index >= 15 is 0 Å². The number of hydrogen-bond acceptors (Lipinski definition) is 4. The largest absolute Gasteiger partial charge is 0.481 e. The zero-order valence-electron chi connectivity index (χ0n) is 10.3. The molecule has 1 fully saturated rings. The van der Waals surface area contributed by atoms with Crippen molar-refractivity contribution in [1.29, 1.82) is 0 Å². The maximum absolute atomic E-state index is 12.4. The summed E-state index contributed by atoms with van der Waals surface area (Å²) >= 11 is 5.84. The van der Waals surface area contributed by atoms with Crippen molar-refractivity contribution in [3.8, 4) is 0 Å². The average Bonchev–Trinajstić information content (AvgIpc) is 2.69. The van der Waals surface area contributed by atoms with Crippen LogP contribution in [0.3, 0.4) is 0 Å². The van der Waals surface area contributed by atoms with Gasteiger partial charge in [0.15, 0.2) is 5.03 Å². The third-order valence-electron chi connectivity index (χ3n) is 3.16.